The predicted octanol–water partition coefficient (Wildman–Crippen LogP) is 3.60. The molecule has 2 rings (SSSR count). The van der Waals surface area contributed by atoms with Gasteiger partial charge in [0.05, 0.1) is 0 Å². The van der Waals surface area contributed by atoms with Crippen LogP contribution in [0.15, 0.2) is 41.1 Å². The molecule has 1 heterocycles. The molecule has 0 N–H and O–H groups in total. The molecule has 22 heavy (non-hydrogen) atoms. The van der Waals surface area contributed by atoms with Gasteiger partial charge in [-0.1, -0.05) is 23.2 Å². The van der Waals surface area contributed by atoms with Crippen LogP contribution in [0.5, 0.6) is 0 Å². The molecule has 0 aliphatic carbocycles. The molecule has 1 saturated heterocycles. The largest absolute Gasteiger partial charge is 0.383 e. The molecule has 0 amide bonds. The average molecular weight is 333 g/mol. The number of anilines is 1. The van der Waals surface area contributed by atoms with Gasteiger partial charge in [-0.25, -0.2) is 0 Å². The maximum Gasteiger partial charge on any atom is 0.135 e. The first kappa shape index (κ1) is 16.2. The van der Waals surface area contributed by atoms with Crippen LogP contribution in [0, 0.1) is 22.7 Å². The molecule has 0 spiro atoms. The van der Waals surface area contributed by atoms with Gasteiger partial charge in [-0.3, -0.25) is 0 Å². The first-order valence-electron chi connectivity index (χ1n) is 6.56. The van der Waals surface area contributed by atoms with E-state index in [1.807, 2.05) is 54.4 Å². The lowest BCUT2D eigenvalue weighted by atomic mass is 10.1. The fraction of sp³-hybridized carbons (Fsp3) is 0.250. The van der Waals surface area contributed by atoms with Gasteiger partial charge in [0.15, 0.2) is 0 Å². The minimum Gasteiger partial charge on any atom is -0.383 e. The van der Waals surface area contributed by atoms with E-state index in [0.717, 1.165) is 16.8 Å². The molecule has 1 aliphatic heterocycles. The van der Waals surface area contributed by atoms with Crippen LogP contribution >= 0.6 is 23.2 Å². The predicted molar refractivity (Wildman–Crippen MR) is 88.7 cm³/mol. The van der Waals surface area contributed by atoms with Crippen LogP contribution in [-0.2, 0) is 0 Å². The number of benzene rings is 1. The summed E-state index contributed by atoms with van der Waals surface area (Å²) in [6.07, 6.45) is 1.93. The van der Waals surface area contributed by atoms with E-state index in [-0.39, 0.29) is 5.57 Å². The molecule has 6 heteroatoms. The maximum absolute atomic E-state index is 9.15. The monoisotopic (exact) mass is 332 g/mol. The summed E-state index contributed by atoms with van der Waals surface area (Å²) in [6, 6.07) is 9.26. The molecular formula is C16H14Cl2N4. The van der Waals surface area contributed by atoms with E-state index in [2.05, 4.69) is 0 Å². The summed E-state index contributed by atoms with van der Waals surface area (Å²) in [5, 5.41) is 19.4. The normalized spacial score (nSPS) is 15.6. The Morgan fingerprint density at radius 1 is 1.14 bits per heavy atom. The molecule has 0 bridgehead atoms. The molecule has 1 aromatic rings. The topological polar surface area (TPSA) is 54.1 Å². The molecule has 4 nitrogen and oxygen atoms in total. The molecule has 1 aliphatic rings. The zero-order valence-electron chi connectivity index (χ0n) is 12.3. The third-order valence-corrected chi connectivity index (χ3v) is 3.69. The summed E-state index contributed by atoms with van der Waals surface area (Å²) in [7, 11) is 3.81. The van der Waals surface area contributed by atoms with Gasteiger partial charge >= 0.3 is 0 Å². The van der Waals surface area contributed by atoms with E-state index in [1.54, 1.807) is 6.07 Å². The lowest BCUT2D eigenvalue weighted by Gasteiger charge is -2.17. The molecular weight excluding hydrogens is 319 g/mol. The molecule has 1 aromatic carbocycles. The number of hydrogen-bond acceptors (Lipinski definition) is 4. The minimum absolute atomic E-state index is 0.142. The fourth-order valence-corrected chi connectivity index (χ4v) is 2.90. The second kappa shape index (κ2) is 6.75. The highest BCUT2D eigenvalue weighted by Crippen LogP contribution is 2.32. The van der Waals surface area contributed by atoms with E-state index in [0.29, 0.717) is 23.1 Å². The lowest BCUT2D eigenvalue weighted by Crippen LogP contribution is -2.18. The van der Waals surface area contributed by atoms with Crippen molar-refractivity contribution >= 4 is 28.9 Å². The fourth-order valence-electron chi connectivity index (χ4n) is 2.38. The van der Waals surface area contributed by atoms with Crippen molar-refractivity contribution in [3.8, 4) is 12.1 Å². The highest BCUT2D eigenvalue weighted by Gasteiger charge is 2.26. The zero-order chi connectivity index (χ0) is 16.3. The van der Waals surface area contributed by atoms with E-state index in [1.165, 1.54) is 0 Å². The number of rotatable bonds is 2. The van der Waals surface area contributed by atoms with E-state index in [4.69, 9.17) is 33.7 Å². The molecule has 0 radical (unpaired) electrons. The van der Waals surface area contributed by atoms with Gasteiger partial charge in [-0.2, -0.15) is 10.5 Å². The summed E-state index contributed by atoms with van der Waals surface area (Å²) in [4.78, 5) is 3.94. The van der Waals surface area contributed by atoms with Crippen molar-refractivity contribution in [2.24, 2.45) is 0 Å². The number of nitrogens with zero attached hydrogens (tertiary/aromatic N) is 4. The van der Waals surface area contributed by atoms with E-state index >= 15 is 0 Å². The Hall–Kier alpha value is -2.14. The summed E-state index contributed by atoms with van der Waals surface area (Å²) < 4.78 is 0. The van der Waals surface area contributed by atoms with Crippen LogP contribution in [0.25, 0.3) is 0 Å². The Morgan fingerprint density at radius 2 is 1.73 bits per heavy atom. The van der Waals surface area contributed by atoms with Crippen molar-refractivity contribution in [2.45, 2.75) is 0 Å². The van der Waals surface area contributed by atoms with Crippen LogP contribution in [0.3, 0.4) is 0 Å². The summed E-state index contributed by atoms with van der Waals surface area (Å²) in [5.41, 5.74) is 2.70. The second-order valence-electron chi connectivity index (χ2n) is 5.18. The van der Waals surface area contributed by atoms with Crippen LogP contribution in [-0.4, -0.2) is 32.1 Å². The summed E-state index contributed by atoms with van der Waals surface area (Å²) in [5.74, 6) is 0. The van der Waals surface area contributed by atoms with Gasteiger partial charge < -0.3 is 9.80 Å². The maximum atomic E-state index is 9.15. The quantitative estimate of drug-likeness (QED) is 0.776. The van der Waals surface area contributed by atoms with Crippen LogP contribution < -0.4 is 4.90 Å². The van der Waals surface area contributed by atoms with Gasteiger partial charge in [0.2, 0.25) is 0 Å². The minimum atomic E-state index is 0.142. The van der Waals surface area contributed by atoms with Gasteiger partial charge in [0.1, 0.15) is 17.7 Å². The number of halogens is 2. The second-order valence-corrected chi connectivity index (χ2v) is 6.05. The SMILES string of the molecule is CN(C)C=C1CN(c2cc(Cl)cc(Cl)c2)CC1=C(C#N)C#N. The highest BCUT2D eigenvalue weighted by atomic mass is 35.5. The third kappa shape index (κ3) is 3.54. The van der Waals surface area contributed by atoms with Crippen LogP contribution in [0.4, 0.5) is 5.69 Å². The molecule has 0 aromatic heterocycles. The molecule has 0 saturated carbocycles. The van der Waals surface area contributed by atoms with E-state index in [9.17, 15) is 0 Å². The van der Waals surface area contributed by atoms with Crippen molar-refractivity contribution < 1.29 is 0 Å². The Morgan fingerprint density at radius 3 is 2.23 bits per heavy atom. The Labute approximate surface area is 140 Å². The van der Waals surface area contributed by atoms with Gasteiger partial charge in [-0.05, 0) is 23.8 Å². The zero-order valence-corrected chi connectivity index (χ0v) is 13.8. The highest BCUT2D eigenvalue weighted by molar-refractivity contribution is 6.35. The van der Waals surface area contributed by atoms with Crippen molar-refractivity contribution in [1.29, 1.82) is 10.5 Å². The standard InChI is InChI=1S/C16H14Cl2N4/c1-21(2)8-12-9-22(10-16(12)11(6-19)7-20)15-4-13(17)3-14(18)5-15/h3-5,8H,9-10H2,1-2H3. The Balaban J connectivity index is 2.46. The number of allylic oxidation sites excluding steroid dienone is 1. The number of hydrogen-bond donors (Lipinski definition) is 0. The van der Waals surface area contributed by atoms with Gasteiger partial charge in [0, 0.05) is 54.7 Å². The van der Waals surface area contributed by atoms with Gasteiger partial charge in [-0.15, -0.1) is 0 Å². The first-order chi connectivity index (χ1) is 10.4. The van der Waals surface area contributed by atoms with Crippen molar-refractivity contribution in [2.75, 3.05) is 32.1 Å². The molecule has 1 fully saturated rings. The van der Waals surface area contributed by atoms with Crippen LogP contribution in [0.2, 0.25) is 10.0 Å². The molecule has 0 unspecified atom stereocenters. The van der Waals surface area contributed by atoms with E-state index < -0.39 is 0 Å². The number of nitriles is 2. The third-order valence-electron chi connectivity index (χ3n) is 3.25. The summed E-state index contributed by atoms with van der Waals surface area (Å²) in [6.45, 7) is 1.07. The lowest BCUT2D eigenvalue weighted by molar-refractivity contribution is 0.559. The van der Waals surface area contributed by atoms with Crippen molar-refractivity contribution in [3.05, 3.63) is 51.2 Å². The Bertz CT molecular complexity index is 699. The Kier molecular flexibility index (Phi) is 4.98. The van der Waals surface area contributed by atoms with Crippen molar-refractivity contribution in [3.63, 3.8) is 0 Å². The van der Waals surface area contributed by atoms with Crippen LogP contribution in [0.1, 0.15) is 0 Å². The summed E-state index contributed by atoms with van der Waals surface area (Å²) >= 11 is 12.1. The first-order valence-corrected chi connectivity index (χ1v) is 7.32. The smallest absolute Gasteiger partial charge is 0.135 e. The van der Waals surface area contributed by atoms with Crippen molar-refractivity contribution in [1.82, 2.24) is 4.90 Å². The molecule has 0 atom stereocenters. The average Bonchev–Trinajstić information content (AvgIpc) is 2.82. The van der Waals surface area contributed by atoms with Gasteiger partial charge in [0.25, 0.3) is 0 Å². The molecule has 112 valence electrons.